The molecule has 0 bridgehead atoms. The minimum Gasteiger partial charge on any atom is -0.388 e. The Bertz CT molecular complexity index is 431. The van der Waals surface area contributed by atoms with Gasteiger partial charge < -0.3 is 16.2 Å². The van der Waals surface area contributed by atoms with Gasteiger partial charge in [0.05, 0.1) is 5.60 Å². The number of nitrogens with zero attached hydrogens (tertiary/aromatic N) is 2. The number of aromatic nitrogens is 1. The zero-order valence-electron chi connectivity index (χ0n) is 9.57. The van der Waals surface area contributed by atoms with Gasteiger partial charge >= 0.3 is 0 Å². The maximum Gasteiger partial charge on any atom is 0.157 e. The minimum atomic E-state index is -0.649. The smallest absolute Gasteiger partial charge is 0.157 e. The average molecular weight is 252 g/mol. The van der Waals surface area contributed by atoms with Gasteiger partial charge in [-0.25, -0.2) is 0 Å². The van der Waals surface area contributed by atoms with Crippen molar-refractivity contribution in [3.63, 3.8) is 0 Å². The molecule has 1 aromatic rings. The topological polar surface area (TPSA) is 95.0 Å². The van der Waals surface area contributed by atoms with Crippen molar-refractivity contribution >= 4 is 22.4 Å². The standard InChI is InChI=1S/C11H16N4OS/c12-6-8-9(13)15-17-10(8)14-7-11(16)4-2-1-3-5-11/h14,16H,1-5,7H2,(H2,13,15). The Morgan fingerprint density at radius 3 is 2.82 bits per heavy atom. The Morgan fingerprint density at radius 1 is 1.47 bits per heavy atom. The van der Waals surface area contributed by atoms with Crippen LogP contribution in [-0.4, -0.2) is 21.6 Å². The maximum atomic E-state index is 10.3. The van der Waals surface area contributed by atoms with Crippen LogP contribution < -0.4 is 11.1 Å². The maximum absolute atomic E-state index is 10.3. The molecule has 0 aromatic carbocycles. The fourth-order valence-corrected chi connectivity index (χ4v) is 2.82. The van der Waals surface area contributed by atoms with Gasteiger partial charge in [-0.05, 0) is 24.4 Å². The van der Waals surface area contributed by atoms with Gasteiger partial charge in [0.15, 0.2) is 5.82 Å². The largest absolute Gasteiger partial charge is 0.388 e. The van der Waals surface area contributed by atoms with E-state index in [1.165, 1.54) is 18.0 Å². The molecular weight excluding hydrogens is 236 g/mol. The minimum absolute atomic E-state index is 0.260. The van der Waals surface area contributed by atoms with E-state index < -0.39 is 5.60 Å². The molecule has 5 nitrogen and oxygen atoms in total. The Balaban J connectivity index is 2.00. The predicted octanol–water partition coefficient (Wildman–Crippen LogP) is 1.70. The number of hydrogen-bond donors (Lipinski definition) is 3. The summed E-state index contributed by atoms with van der Waals surface area (Å²) < 4.78 is 3.93. The Hall–Kier alpha value is -1.32. The van der Waals surface area contributed by atoms with Gasteiger partial charge in [-0.2, -0.15) is 9.64 Å². The number of nitriles is 1. The summed E-state index contributed by atoms with van der Waals surface area (Å²) >= 11 is 1.17. The van der Waals surface area contributed by atoms with Gasteiger partial charge in [0.1, 0.15) is 16.6 Å². The van der Waals surface area contributed by atoms with Crippen molar-refractivity contribution in [2.24, 2.45) is 0 Å². The highest BCUT2D eigenvalue weighted by molar-refractivity contribution is 7.10. The number of nitrogens with one attached hydrogen (secondary N) is 1. The molecule has 0 amide bonds. The lowest BCUT2D eigenvalue weighted by Gasteiger charge is -2.32. The SMILES string of the molecule is N#Cc1c(N)nsc1NCC1(O)CCCCC1. The summed E-state index contributed by atoms with van der Waals surface area (Å²) in [6, 6.07) is 2.02. The molecule has 0 spiro atoms. The molecule has 1 fully saturated rings. The molecular formula is C11H16N4OS. The van der Waals surface area contributed by atoms with E-state index in [1.54, 1.807) is 0 Å². The van der Waals surface area contributed by atoms with Crippen molar-refractivity contribution in [1.29, 1.82) is 5.26 Å². The second-order valence-electron chi connectivity index (χ2n) is 4.52. The van der Waals surface area contributed by atoms with Gasteiger partial charge in [-0.1, -0.05) is 19.3 Å². The van der Waals surface area contributed by atoms with Crippen LogP contribution in [0.1, 0.15) is 37.7 Å². The van der Waals surface area contributed by atoms with E-state index in [0.717, 1.165) is 25.7 Å². The van der Waals surface area contributed by atoms with Crippen LogP contribution in [0.25, 0.3) is 0 Å². The highest BCUT2D eigenvalue weighted by Gasteiger charge is 2.29. The first kappa shape index (κ1) is 12.1. The highest BCUT2D eigenvalue weighted by atomic mass is 32.1. The second kappa shape index (κ2) is 4.90. The number of anilines is 2. The Kier molecular flexibility index (Phi) is 3.50. The van der Waals surface area contributed by atoms with E-state index in [-0.39, 0.29) is 5.82 Å². The van der Waals surface area contributed by atoms with Gasteiger partial charge in [0.25, 0.3) is 0 Å². The number of hydrogen-bond acceptors (Lipinski definition) is 6. The van der Waals surface area contributed by atoms with E-state index in [9.17, 15) is 5.11 Å². The summed E-state index contributed by atoms with van der Waals surface area (Å²) in [4.78, 5) is 0. The quantitative estimate of drug-likeness (QED) is 0.761. The highest BCUT2D eigenvalue weighted by Crippen LogP contribution is 2.30. The normalized spacial score (nSPS) is 18.6. The lowest BCUT2D eigenvalue weighted by atomic mass is 9.85. The molecule has 1 aromatic heterocycles. The van der Waals surface area contributed by atoms with Crippen LogP contribution in [-0.2, 0) is 0 Å². The van der Waals surface area contributed by atoms with Crippen molar-refractivity contribution in [3.8, 4) is 6.07 Å². The van der Waals surface area contributed by atoms with Crippen molar-refractivity contribution in [3.05, 3.63) is 5.56 Å². The molecule has 1 saturated carbocycles. The lowest BCUT2D eigenvalue weighted by Crippen LogP contribution is -2.38. The first-order valence-electron chi connectivity index (χ1n) is 5.76. The van der Waals surface area contributed by atoms with E-state index in [4.69, 9.17) is 11.0 Å². The average Bonchev–Trinajstić information content (AvgIpc) is 2.68. The first-order valence-corrected chi connectivity index (χ1v) is 6.53. The van der Waals surface area contributed by atoms with Gasteiger partial charge in [0.2, 0.25) is 0 Å². The molecule has 4 N–H and O–H groups in total. The van der Waals surface area contributed by atoms with Gasteiger partial charge in [-0.15, -0.1) is 0 Å². The summed E-state index contributed by atoms with van der Waals surface area (Å²) in [6.45, 7) is 0.462. The van der Waals surface area contributed by atoms with E-state index in [1.807, 2.05) is 6.07 Å². The molecule has 0 saturated heterocycles. The third-order valence-electron chi connectivity index (χ3n) is 3.19. The summed E-state index contributed by atoms with van der Waals surface area (Å²) in [5, 5.41) is 23.0. The van der Waals surface area contributed by atoms with Crippen molar-refractivity contribution in [2.75, 3.05) is 17.6 Å². The summed E-state index contributed by atoms with van der Waals surface area (Å²) in [5.74, 6) is 0.260. The predicted molar refractivity (Wildman–Crippen MR) is 67.8 cm³/mol. The van der Waals surface area contributed by atoms with Crippen LogP contribution in [0.2, 0.25) is 0 Å². The van der Waals surface area contributed by atoms with Crippen LogP contribution in [0.5, 0.6) is 0 Å². The Labute approximate surface area is 104 Å². The monoisotopic (exact) mass is 252 g/mol. The number of aliphatic hydroxyl groups is 1. The van der Waals surface area contributed by atoms with Crippen LogP contribution in [0.3, 0.4) is 0 Å². The molecule has 92 valence electrons. The number of nitrogen functional groups attached to an aromatic ring is 1. The van der Waals surface area contributed by atoms with E-state index in [0.29, 0.717) is 17.1 Å². The molecule has 17 heavy (non-hydrogen) atoms. The molecule has 0 unspecified atom stereocenters. The third kappa shape index (κ3) is 2.68. The van der Waals surface area contributed by atoms with Crippen LogP contribution in [0.15, 0.2) is 0 Å². The van der Waals surface area contributed by atoms with Crippen molar-refractivity contribution in [2.45, 2.75) is 37.7 Å². The zero-order chi connectivity index (χ0) is 12.3. The second-order valence-corrected chi connectivity index (χ2v) is 5.30. The molecule has 1 aliphatic rings. The molecule has 0 atom stereocenters. The summed E-state index contributed by atoms with van der Waals surface area (Å²) in [6.07, 6.45) is 4.95. The number of rotatable bonds is 3. The van der Waals surface area contributed by atoms with Crippen LogP contribution in [0.4, 0.5) is 10.8 Å². The van der Waals surface area contributed by atoms with Crippen molar-refractivity contribution in [1.82, 2.24) is 4.37 Å². The molecule has 1 aliphatic carbocycles. The molecule has 0 radical (unpaired) electrons. The summed E-state index contributed by atoms with van der Waals surface area (Å²) in [7, 11) is 0. The summed E-state index contributed by atoms with van der Waals surface area (Å²) in [5.41, 5.74) is 5.30. The van der Waals surface area contributed by atoms with Crippen LogP contribution >= 0.6 is 11.5 Å². The number of nitrogens with two attached hydrogens (primary N) is 1. The zero-order valence-corrected chi connectivity index (χ0v) is 10.4. The molecule has 6 heteroatoms. The van der Waals surface area contributed by atoms with Crippen LogP contribution in [0, 0.1) is 11.3 Å². The molecule has 1 heterocycles. The van der Waals surface area contributed by atoms with E-state index in [2.05, 4.69) is 9.69 Å². The van der Waals surface area contributed by atoms with E-state index >= 15 is 0 Å². The van der Waals surface area contributed by atoms with Crippen molar-refractivity contribution < 1.29 is 5.11 Å². The fourth-order valence-electron chi connectivity index (χ4n) is 2.16. The molecule has 2 rings (SSSR count). The lowest BCUT2D eigenvalue weighted by molar-refractivity contribution is 0.0168. The van der Waals surface area contributed by atoms with Gasteiger partial charge in [-0.3, -0.25) is 0 Å². The Morgan fingerprint density at radius 2 is 2.18 bits per heavy atom. The van der Waals surface area contributed by atoms with Gasteiger partial charge in [0, 0.05) is 6.54 Å². The first-order chi connectivity index (χ1) is 8.14. The molecule has 0 aliphatic heterocycles. The fraction of sp³-hybridized carbons (Fsp3) is 0.636. The third-order valence-corrected chi connectivity index (χ3v) is 4.01.